The maximum atomic E-state index is 11.9. The lowest BCUT2D eigenvalue weighted by Gasteiger charge is -2.56. The Morgan fingerprint density at radius 1 is 1.21 bits per heavy atom. The number of hydrogen-bond donors (Lipinski definition) is 3. The molecule has 0 amide bonds. The summed E-state index contributed by atoms with van der Waals surface area (Å²) in [5, 5.41) is 30.1. The first-order valence-corrected chi connectivity index (χ1v) is 6.99. The molecule has 4 nitrogen and oxygen atoms in total. The quantitative estimate of drug-likeness (QED) is 0.651. The van der Waals surface area contributed by atoms with Gasteiger partial charge in [0.15, 0.2) is 5.78 Å². The van der Waals surface area contributed by atoms with Crippen molar-refractivity contribution in [1.29, 1.82) is 0 Å². The molecule has 0 aromatic rings. The maximum absolute atomic E-state index is 11.9. The van der Waals surface area contributed by atoms with Crippen LogP contribution in [0.4, 0.5) is 0 Å². The Bertz CT molecular complexity index is 479. The molecule has 4 heteroatoms. The molecule has 106 valence electrons. The van der Waals surface area contributed by atoms with E-state index in [-0.39, 0.29) is 29.6 Å². The van der Waals surface area contributed by atoms with Crippen molar-refractivity contribution in [3.05, 3.63) is 11.1 Å². The molecule has 2 saturated carbocycles. The first kappa shape index (κ1) is 13.3. The van der Waals surface area contributed by atoms with Crippen LogP contribution in [-0.2, 0) is 4.79 Å². The summed E-state index contributed by atoms with van der Waals surface area (Å²) in [6.45, 7) is 5.93. The zero-order valence-corrected chi connectivity index (χ0v) is 11.7. The molecule has 19 heavy (non-hydrogen) atoms. The summed E-state index contributed by atoms with van der Waals surface area (Å²) in [6.07, 6.45) is 0.0541. The molecule has 0 saturated heterocycles. The lowest BCUT2D eigenvalue weighted by Crippen LogP contribution is -2.63. The van der Waals surface area contributed by atoms with Gasteiger partial charge in [0, 0.05) is 11.0 Å². The third-order valence-electron chi connectivity index (χ3n) is 5.70. The summed E-state index contributed by atoms with van der Waals surface area (Å²) < 4.78 is 0. The van der Waals surface area contributed by atoms with E-state index in [4.69, 9.17) is 0 Å². The topological polar surface area (TPSA) is 77.8 Å². The van der Waals surface area contributed by atoms with Gasteiger partial charge in [-0.05, 0) is 35.7 Å². The average Bonchev–Trinajstić information content (AvgIpc) is 2.69. The van der Waals surface area contributed by atoms with E-state index in [9.17, 15) is 20.1 Å². The van der Waals surface area contributed by atoms with Crippen molar-refractivity contribution in [3.8, 4) is 0 Å². The van der Waals surface area contributed by atoms with Crippen molar-refractivity contribution in [2.24, 2.45) is 22.7 Å². The molecule has 2 fully saturated rings. The SMILES string of the molecule is CC1(C)CC2C(O)C(CO)=C3C(=O)C(O)C3(C)C2C1. The van der Waals surface area contributed by atoms with Crippen molar-refractivity contribution in [1.82, 2.24) is 0 Å². The summed E-state index contributed by atoms with van der Waals surface area (Å²) in [7, 11) is 0. The van der Waals surface area contributed by atoms with Crippen molar-refractivity contribution in [3.63, 3.8) is 0 Å². The Balaban J connectivity index is 2.12. The zero-order chi connectivity index (χ0) is 14.2. The van der Waals surface area contributed by atoms with Gasteiger partial charge in [0.2, 0.25) is 0 Å². The van der Waals surface area contributed by atoms with E-state index in [1.807, 2.05) is 6.92 Å². The van der Waals surface area contributed by atoms with E-state index in [0.29, 0.717) is 11.1 Å². The van der Waals surface area contributed by atoms with E-state index in [1.54, 1.807) is 0 Å². The van der Waals surface area contributed by atoms with Gasteiger partial charge in [0.1, 0.15) is 6.10 Å². The Hall–Kier alpha value is -0.710. The Labute approximate surface area is 113 Å². The van der Waals surface area contributed by atoms with Crippen molar-refractivity contribution in [2.45, 2.75) is 45.8 Å². The molecule has 3 aliphatic rings. The van der Waals surface area contributed by atoms with Crippen LogP contribution in [0, 0.1) is 22.7 Å². The van der Waals surface area contributed by atoms with Crippen LogP contribution in [0.2, 0.25) is 0 Å². The number of carbonyl (C=O) groups excluding carboxylic acids is 1. The van der Waals surface area contributed by atoms with Gasteiger partial charge in [-0.2, -0.15) is 0 Å². The Morgan fingerprint density at radius 3 is 2.42 bits per heavy atom. The minimum absolute atomic E-state index is 0.0358. The van der Waals surface area contributed by atoms with Gasteiger partial charge in [-0.15, -0.1) is 0 Å². The van der Waals surface area contributed by atoms with Crippen LogP contribution in [0.5, 0.6) is 0 Å². The minimum Gasteiger partial charge on any atom is -0.392 e. The fourth-order valence-electron chi connectivity index (χ4n) is 4.80. The van der Waals surface area contributed by atoms with Crippen LogP contribution in [-0.4, -0.2) is 39.9 Å². The number of aliphatic hydroxyl groups is 3. The second-order valence-corrected chi connectivity index (χ2v) is 7.40. The predicted molar refractivity (Wildman–Crippen MR) is 69.2 cm³/mol. The molecule has 0 heterocycles. The highest BCUT2D eigenvalue weighted by Gasteiger charge is 2.67. The monoisotopic (exact) mass is 266 g/mol. The number of aliphatic hydroxyl groups excluding tert-OH is 3. The summed E-state index contributed by atoms with van der Waals surface area (Å²) >= 11 is 0. The minimum atomic E-state index is -0.974. The Kier molecular flexibility index (Phi) is 2.58. The smallest absolute Gasteiger partial charge is 0.188 e. The summed E-state index contributed by atoms with van der Waals surface area (Å²) in [4.78, 5) is 11.9. The second kappa shape index (κ2) is 3.68. The van der Waals surface area contributed by atoms with Gasteiger partial charge < -0.3 is 15.3 Å². The van der Waals surface area contributed by atoms with Crippen molar-refractivity contribution >= 4 is 5.78 Å². The van der Waals surface area contributed by atoms with Gasteiger partial charge in [0.25, 0.3) is 0 Å². The van der Waals surface area contributed by atoms with Gasteiger partial charge in [-0.1, -0.05) is 20.8 Å². The van der Waals surface area contributed by atoms with Crippen LogP contribution in [0.15, 0.2) is 11.1 Å². The van der Waals surface area contributed by atoms with Crippen molar-refractivity contribution in [2.75, 3.05) is 6.61 Å². The third-order valence-corrected chi connectivity index (χ3v) is 5.70. The van der Waals surface area contributed by atoms with Gasteiger partial charge in [0.05, 0.1) is 12.7 Å². The van der Waals surface area contributed by atoms with Crippen LogP contribution in [0.1, 0.15) is 33.6 Å². The molecule has 5 atom stereocenters. The number of hydrogen-bond acceptors (Lipinski definition) is 4. The highest BCUT2D eigenvalue weighted by atomic mass is 16.3. The van der Waals surface area contributed by atoms with E-state index in [2.05, 4.69) is 13.8 Å². The molecular formula is C15H22O4. The van der Waals surface area contributed by atoms with Gasteiger partial charge in [-0.25, -0.2) is 0 Å². The number of carbonyl (C=O) groups is 1. The molecule has 3 N–H and O–H groups in total. The largest absolute Gasteiger partial charge is 0.392 e. The van der Waals surface area contributed by atoms with E-state index < -0.39 is 17.6 Å². The van der Waals surface area contributed by atoms with E-state index in [0.717, 1.165) is 12.8 Å². The molecule has 0 spiro atoms. The third kappa shape index (κ3) is 1.42. The van der Waals surface area contributed by atoms with Crippen LogP contribution in [0.25, 0.3) is 0 Å². The fraction of sp³-hybridized carbons (Fsp3) is 0.800. The first-order chi connectivity index (χ1) is 8.74. The van der Waals surface area contributed by atoms with E-state index >= 15 is 0 Å². The van der Waals surface area contributed by atoms with Crippen LogP contribution >= 0.6 is 0 Å². The number of rotatable bonds is 1. The molecule has 0 aromatic heterocycles. The van der Waals surface area contributed by atoms with Crippen LogP contribution < -0.4 is 0 Å². The molecule has 0 aliphatic heterocycles. The summed E-state index contributed by atoms with van der Waals surface area (Å²) in [5.74, 6) is -0.155. The molecular weight excluding hydrogens is 244 g/mol. The fourth-order valence-corrected chi connectivity index (χ4v) is 4.80. The summed E-state index contributed by atoms with van der Waals surface area (Å²) in [6, 6.07) is 0. The number of Topliss-reactive ketones (excluding diaryl/α,β-unsaturated/α-hetero) is 1. The van der Waals surface area contributed by atoms with Crippen molar-refractivity contribution < 1.29 is 20.1 Å². The normalized spacial score (nSPS) is 47.8. The van der Waals surface area contributed by atoms with E-state index in [1.165, 1.54) is 0 Å². The lowest BCUT2D eigenvalue weighted by molar-refractivity contribution is -0.151. The molecule has 3 rings (SSSR count). The predicted octanol–water partition coefficient (Wildman–Crippen LogP) is 0.652. The molecule has 5 unspecified atom stereocenters. The molecule has 0 bridgehead atoms. The Morgan fingerprint density at radius 2 is 1.84 bits per heavy atom. The molecule has 0 radical (unpaired) electrons. The second-order valence-electron chi connectivity index (χ2n) is 7.40. The molecule has 0 aromatic carbocycles. The summed E-state index contributed by atoms with van der Waals surface area (Å²) in [5.41, 5.74) is 0.464. The standard InChI is InChI=1S/C15H22O4/c1-14(2)4-7-9(5-14)15(3)10(12(18)13(15)19)8(6-16)11(7)17/h7,9,11,13,16-17,19H,4-6H2,1-3H3. The zero-order valence-electron chi connectivity index (χ0n) is 11.7. The highest BCUT2D eigenvalue weighted by molar-refractivity contribution is 6.09. The maximum Gasteiger partial charge on any atom is 0.188 e. The van der Waals surface area contributed by atoms with Gasteiger partial charge in [-0.3, -0.25) is 4.79 Å². The number of ketones is 1. The van der Waals surface area contributed by atoms with Crippen LogP contribution in [0.3, 0.4) is 0 Å². The lowest BCUT2D eigenvalue weighted by atomic mass is 9.48. The first-order valence-electron chi connectivity index (χ1n) is 6.99. The highest BCUT2D eigenvalue weighted by Crippen LogP contribution is 2.64. The number of fused-ring (bicyclic) bond motifs is 3. The molecule has 3 aliphatic carbocycles. The van der Waals surface area contributed by atoms with Gasteiger partial charge >= 0.3 is 0 Å². The average molecular weight is 266 g/mol.